The number of carbonyl (C=O) groups excluding carboxylic acids is 2. The minimum Gasteiger partial charge on any atom is -0.507 e. The van der Waals surface area contributed by atoms with Crippen LogP contribution in [0, 0.1) is 13.8 Å². The molecule has 0 spiro atoms. The van der Waals surface area contributed by atoms with Gasteiger partial charge in [-0.1, -0.05) is 25.1 Å². The third kappa shape index (κ3) is 5.38. The molecule has 3 aromatic rings. The molecule has 0 saturated carbocycles. The predicted molar refractivity (Wildman–Crippen MR) is 145 cm³/mol. The number of ether oxygens (including phenoxy) is 2. The van der Waals surface area contributed by atoms with Gasteiger partial charge in [-0.2, -0.15) is 0 Å². The highest BCUT2D eigenvalue weighted by Crippen LogP contribution is 2.43. The van der Waals surface area contributed by atoms with E-state index < -0.39 is 17.7 Å². The Kier molecular flexibility index (Phi) is 7.67. The fraction of sp³-hybridized carbons (Fsp3) is 0.290. The number of rotatable bonds is 8. The summed E-state index contributed by atoms with van der Waals surface area (Å²) in [6.45, 7) is 10.4. The van der Waals surface area contributed by atoms with Crippen molar-refractivity contribution in [2.45, 2.75) is 53.2 Å². The second kappa shape index (κ2) is 10.9. The minimum absolute atomic E-state index is 0.0344. The van der Waals surface area contributed by atoms with Gasteiger partial charge in [0.15, 0.2) is 0 Å². The first-order valence-corrected chi connectivity index (χ1v) is 12.6. The van der Waals surface area contributed by atoms with E-state index in [9.17, 15) is 14.7 Å². The van der Waals surface area contributed by atoms with Crippen LogP contribution in [0.3, 0.4) is 0 Å². The molecule has 6 heteroatoms. The molecule has 192 valence electrons. The van der Waals surface area contributed by atoms with E-state index in [0.717, 1.165) is 17.5 Å². The highest BCUT2D eigenvalue weighted by atomic mass is 16.5. The van der Waals surface area contributed by atoms with Crippen molar-refractivity contribution in [2.75, 3.05) is 11.5 Å². The molecule has 37 heavy (non-hydrogen) atoms. The normalized spacial score (nSPS) is 16.9. The number of benzene rings is 3. The van der Waals surface area contributed by atoms with Crippen LogP contribution in [-0.4, -0.2) is 29.5 Å². The SMILES string of the molecule is CCCOc1ccc(/C(O)=C2\C(=O)C(=O)N(c3ccc(C)c(C)c3)C2c2cccc(OC(C)C)c2)cc1. The van der Waals surface area contributed by atoms with Crippen LogP contribution in [0.25, 0.3) is 5.76 Å². The standard InChI is InChI=1S/C31H33NO5/c1-6-16-36-25-14-11-22(12-15-25)29(33)27-28(23-8-7-9-26(18-23)37-19(2)3)32(31(35)30(27)34)24-13-10-20(4)21(5)17-24/h7-15,17-19,28,33H,6,16H2,1-5H3/b29-27+. The summed E-state index contributed by atoms with van der Waals surface area (Å²) in [5.41, 5.74) is 3.80. The van der Waals surface area contributed by atoms with E-state index in [4.69, 9.17) is 9.47 Å². The summed E-state index contributed by atoms with van der Waals surface area (Å²) >= 11 is 0. The molecule has 4 rings (SSSR count). The Labute approximate surface area is 218 Å². The van der Waals surface area contributed by atoms with E-state index in [1.54, 1.807) is 24.3 Å². The summed E-state index contributed by atoms with van der Waals surface area (Å²) in [5.74, 6) is -0.360. The number of ketones is 1. The number of aliphatic hydroxyl groups excluding tert-OH is 1. The third-order valence-corrected chi connectivity index (χ3v) is 6.36. The zero-order valence-electron chi connectivity index (χ0n) is 21.9. The molecular formula is C31H33NO5. The van der Waals surface area contributed by atoms with Crippen molar-refractivity contribution >= 4 is 23.1 Å². The summed E-state index contributed by atoms with van der Waals surface area (Å²) in [6.07, 6.45) is 0.832. The topological polar surface area (TPSA) is 76.1 Å². The Morgan fingerprint density at radius 1 is 0.946 bits per heavy atom. The number of nitrogens with zero attached hydrogens (tertiary/aromatic N) is 1. The summed E-state index contributed by atoms with van der Waals surface area (Å²) in [4.78, 5) is 28.4. The summed E-state index contributed by atoms with van der Waals surface area (Å²) in [7, 11) is 0. The first-order chi connectivity index (χ1) is 17.7. The number of anilines is 1. The summed E-state index contributed by atoms with van der Waals surface area (Å²) in [5, 5.41) is 11.4. The zero-order valence-corrected chi connectivity index (χ0v) is 21.9. The number of hydrogen-bond acceptors (Lipinski definition) is 5. The lowest BCUT2D eigenvalue weighted by molar-refractivity contribution is -0.132. The molecule has 0 aromatic heterocycles. The molecule has 1 saturated heterocycles. The highest BCUT2D eigenvalue weighted by molar-refractivity contribution is 6.51. The van der Waals surface area contributed by atoms with Crippen LogP contribution in [0.15, 0.2) is 72.3 Å². The summed E-state index contributed by atoms with van der Waals surface area (Å²) in [6, 6.07) is 19.0. The first kappa shape index (κ1) is 26.0. The van der Waals surface area contributed by atoms with Crippen LogP contribution in [-0.2, 0) is 9.59 Å². The van der Waals surface area contributed by atoms with Crippen LogP contribution in [0.1, 0.15) is 55.5 Å². The molecular weight excluding hydrogens is 466 g/mol. The average Bonchev–Trinajstić information content (AvgIpc) is 3.14. The van der Waals surface area contributed by atoms with Gasteiger partial charge in [-0.25, -0.2) is 0 Å². The smallest absolute Gasteiger partial charge is 0.300 e. The van der Waals surface area contributed by atoms with Crippen molar-refractivity contribution in [1.82, 2.24) is 0 Å². The van der Waals surface area contributed by atoms with Gasteiger partial charge < -0.3 is 14.6 Å². The molecule has 1 fully saturated rings. The molecule has 1 amide bonds. The molecule has 6 nitrogen and oxygen atoms in total. The van der Waals surface area contributed by atoms with Crippen LogP contribution in [0.5, 0.6) is 11.5 Å². The van der Waals surface area contributed by atoms with E-state index in [1.807, 2.05) is 77.1 Å². The summed E-state index contributed by atoms with van der Waals surface area (Å²) < 4.78 is 11.5. The Morgan fingerprint density at radius 2 is 1.68 bits per heavy atom. The molecule has 1 atom stereocenters. The second-order valence-corrected chi connectivity index (χ2v) is 9.55. The van der Waals surface area contributed by atoms with Crippen molar-refractivity contribution in [1.29, 1.82) is 0 Å². The Bertz CT molecular complexity index is 1340. The minimum atomic E-state index is -0.825. The van der Waals surface area contributed by atoms with E-state index in [-0.39, 0.29) is 17.4 Å². The monoisotopic (exact) mass is 499 g/mol. The first-order valence-electron chi connectivity index (χ1n) is 12.6. The van der Waals surface area contributed by atoms with Gasteiger partial charge in [0.05, 0.1) is 24.3 Å². The predicted octanol–water partition coefficient (Wildman–Crippen LogP) is 6.51. The van der Waals surface area contributed by atoms with Crippen LogP contribution >= 0.6 is 0 Å². The number of amides is 1. The third-order valence-electron chi connectivity index (χ3n) is 6.36. The largest absolute Gasteiger partial charge is 0.507 e. The molecule has 0 aliphatic carbocycles. The van der Waals surface area contributed by atoms with Gasteiger partial charge >= 0.3 is 0 Å². The maximum Gasteiger partial charge on any atom is 0.300 e. The molecule has 1 N–H and O–H groups in total. The number of aryl methyl sites for hydroxylation is 2. The Morgan fingerprint density at radius 3 is 2.32 bits per heavy atom. The molecule has 1 aliphatic heterocycles. The molecule has 1 unspecified atom stereocenters. The van der Waals surface area contributed by atoms with Crippen molar-refractivity contribution < 1.29 is 24.2 Å². The van der Waals surface area contributed by atoms with E-state index in [2.05, 4.69) is 0 Å². The fourth-order valence-corrected chi connectivity index (χ4v) is 4.40. The zero-order chi connectivity index (χ0) is 26.7. The molecule has 1 aliphatic rings. The lowest BCUT2D eigenvalue weighted by atomic mass is 9.94. The van der Waals surface area contributed by atoms with Gasteiger partial charge in [0, 0.05) is 11.3 Å². The lowest BCUT2D eigenvalue weighted by Crippen LogP contribution is -2.29. The van der Waals surface area contributed by atoms with E-state index in [0.29, 0.717) is 34.9 Å². The van der Waals surface area contributed by atoms with Gasteiger partial charge in [-0.3, -0.25) is 14.5 Å². The molecule has 0 radical (unpaired) electrons. The van der Waals surface area contributed by atoms with Crippen molar-refractivity contribution in [3.05, 3.63) is 94.6 Å². The molecule has 0 bridgehead atoms. The van der Waals surface area contributed by atoms with Crippen LogP contribution in [0.4, 0.5) is 5.69 Å². The van der Waals surface area contributed by atoms with Gasteiger partial charge in [-0.05, 0) is 99.3 Å². The number of hydrogen-bond donors (Lipinski definition) is 1. The highest BCUT2D eigenvalue weighted by Gasteiger charge is 2.47. The Balaban J connectivity index is 1.87. The molecule has 3 aromatic carbocycles. The fourth-order valence-electron chi connectivity index (χ4n) is 4.40. The van der Waals surface area contributed by atoms with E-state index >= 15 is 0 Å². The van der Waals surface area contributed by atoms with Crippen molar-refractivity contribution in [3.8, 4) is 11.5 Å². The number of Topliss-reactive ketones (excluding diaryl/α,β-unsaturated/α-hetero) is 1. The van der Waals surface area contributed by atoms with Gasteiger partial charge in [0.2, 0.25) is 0 Å². The quantitative estimate of drug-likeness (QED) is 0.217. The van der Waals surface area contributed by atoms with Crippen molar-refractivity contribution in [2.24, 2.45) is 0 Å². The van der Waals surface area contributed by atoms with Gasteiger partial charge in [-0.15, -0.1) is 0 Å². The average molecular weight is 500 g/mol. The van der Waals surface area contributed by atoms with Gasteiger partial charge in [0.25, 0.3) is 11.7 Å². The number of aliphatic hydroxyl groups is 1. The van der Waals surface area contributed by atoms with Crippen molar-refractivity contribution in [3.63, 3.8) is 0 Å². The Hall–Kier alpha value is -4.06. The second-order valence-electron chi connectivity index (χ2n) is 9.55. The molecule has 1 heterocycles. The lowest BCUT2D eigenvalue weighted by Gasteiger charge is -2.26. The van der Waals surface area contributed by atoms with E-state index in [1.165, 1.54) is 4.90 Å². The maximum absolute atomic E-state index is 13.4. The van der Waals surface area contributed by atoms with Gasteiger partial charge in [0.1, 0.15) is 17.3 Å². The maximum atomic E-state index is 13.4. The van der Waals surface area contributed by atoms with Crippen LogP contribution in [0.2, 0.25) is 0 Å². The van der Waals surface area contributed by atoms with Crippen LogP contribution < -0.4 is 14.4 Å². The number of carbonyl (C=O) groups is 2.